The molecule has 0 amide bonds. The molecule has 0 N–H and O–H groups in total. The Labute approximate surface area is 141 Å². The molecule has 2 aromatic rings. The summed E-state index contributed by atoms with van der Waals surface area (Å²) >= 11 is 2.71. The fraction of sp³-hybridized carbons (Fsp3) is 0.250. The molecule has 3 nitrogen and oxygen atoms in total. The Bertz CT molecular complexity index is 710. The number of aryl methyl sites for hydroxylation is 1. The maximum absolute atomic E-state index is 12.3. The lowest BCUT2D eigenvalue weighted by Crippen LogP contribution is -2.06. The van der Waals surface area contributed by atoms with Crippen molar-refractivity contribution in [1.82, 2.24) is 4.98 Å². The van der Waals surface area contributed by atoms with Crippen molar-refractivity contribution in [2.75, 3.05) is 6.61 Å². The van der Waals surface area contributed by atoms with Crippen molar-refractivity contribution in [1.29, 1.82) is 0 Å². The third-order valence-corrected chi connectivity index (χ3v) is 5.15. The summed E-state index contributed by atoms with van der Waals surface area (Å²) in [6, 6.07) is 9.70. The van der Waals surface area contributed by atoms with E-state index in [1.807, 2.05) is 30.3 Å². The predicted molar refractivity (Wildman–Crippen MR) is 87.2 cm³/mol. The zero-order valence-corrected chi connectivity index (χ0v) is 14.3. The summed E-state index contributed by atoms with van der Waals surface area (Å²) < 4.78 is 30.3. The van der Waals surface area contributed by atoms with Crippen LogP contribution in [-0.2, 0) is 4.74 Å². The average molecular weight is 355 g/mol. The van der Waals surface area contributed by atoms with Gasteiger partial charge in [0.15, 0.2) is 4.34 Å². The highest BCUT2D eigenvalue weighted by molar-refractivity contribution is 8.01. The molecule has 0 aliphatic rings. The van der Waals surface area contributed by atoms with Crippen molar-refractivity contribution in [2.45, 2.75) is 29.5 Å². The molecule has 0 saturated heterocycles. The molecule has 0 radical (unpaired) electrons. The number of halogens is 2. The normalized spacial score (nSPS) is 10.4. The van der Waals surface area contributed by atoms with Crippen molar-refractivity contribution in [3.05, 3.63) is 52.6 Å². The van der Waals surface area contributed by atoms with Gasteiger partial charge in [-0.05, 0) is 31.6 Å². The first-order valence-corrected chi connectivity index (χ1v) is 8.49. The van der Waals surface area contributed by atoms with Crippen molar-refractivity contribution < 1.29 is 18.3 Å². The number of thiazole rings is 1. The van der Waals surface area contributed by atoms with E-state index in [1.165, 1.54) is 30.0 Å². The number of nitrogens with zero attached hydrogens (tertiary/aromatic N) is 1. The summed E-state index contributed by atoms with van der Waals surface area (Å²) in [5.41, 5.74) is 0.515. The van der Waals surface area contributed by atoms with Crippen LogP contribution in [0.25, 0.3) is 0 Å². The van der Waals surface area contributed by atoms with Crippen LogP contribution in [0.1, 0.15) is 28.7 Å². The summed E-state index contributed by atoms with van der Waals surface area (Å²) in [7, 11) is 0. The number of ether oxygens (including phenoxy) is 1. The molecule has 2 rings (SSSR count). The molecular weight excluding hydrogens is 340 g/mol. The number of rotatable bonds is 6. The van der Waals surface area contributed by atoms with Crippen LogP contribution in [0.4, 0.5) is 8.78 Å². The molecule has 1 aromatic heterocycles. The fourth-order valence-electron chi connectivity index (χ4n) is 1.65. The zero-order chi connectivity index (χ0) is 16.8. The van der Waals surface area contributed by atoms with Crippen LogP contribution in [-0.4, -0.2) is 17.6 Å². The maximum atomic E-state index is 12.3. The molecule has 122 valence electrons. The Morgan fingerprint density at radius 2 is 2.00 bits per heavy atom. The van der Waals surface area contributed by atoms with Gasteiger partial charge in [0.2, 0.25) is 0 Å². The van der Waals surface area contributed by atoms with Gasteiger partial charge in [-0.15, -0.1) is 11.3 Å². The molecule has 0 aliphatic carbocycles. The third-order valence-electron chi connectivity index (χ3n) is 2.94. The van der Waals surface area contributed by atoms with Crippen LogP contribution in [0, 0.1) is 6.92 Å². The summed E-state index contributed by atoms with van der Waals surface area (Å²) in [4.78, 5) is 17.8. The first-order valence-electron chi connectivity index (χ1n) is 6.85. The summed E-state index contributed by atoms with van der Waals surface area (Å²) in [6.07, 6.45) is -1.70. The Morgan fingerprint density at radius 3 is 2.65 bits per heavy atom. The second-order valence-electron chi connectivity index (χ2n) is 4.74. The van der Waals surface area contributed by atoms with Gasteiger partial charge in [-0.1, -0.05) is 30.0 Å². The van der Waals surface area contributed by atoms with Crippen LogP contribution in [0.5, 0.6) is 0 Å². The van der Waals surface area contributed by atoms with Crippen molar-refractivity contribution in [3.8, 4) is 0 Å². The fourth-order valence-corrected chi connectivity index (χ4v) is 3.73. The number of carbonyl (C=O) groups excluding carboxylic acids is 1. The summed E-state index contributed by atoms with van der Waals surface area (Å²) in [5.74, 6) is -0.521. The largest absolute Gasteiger partial charge is 0.461 e. The van der Waals surface area contributed by atoms with Gasteiger partial charge in [0, 0.05) is 11.3 Å². The quantitative estimate of drug-likeness (QED) is 0.658. The highest BCUT2D eigenvalue weighted by Crippen LogP contribution is 2.33. The monoisotopic (exact) mass is 355 g/mol. The maximum Gasteiger partial charge on any atom is 0.350 e. The number of benzene rings is 1. The third kappa shape index (κ3) is 5.14. The van der Waals surface area contributed by atoms with Gasteiger partial charge in [-0.25, -0.2) is 9.78 Å². The lowest BCUT2D eigenvalue weighted by Gasteiger charge is -2.03. The second-order valence-corrected chi connectivity index (χ2v) is 7.06. The van der Waals surface area contributed by atoms with Gasteiger partial charge in [0.05, 0.1) is 12.3 Å². The number of hydrogen-bond donors (Lipinski definition) is 0. The SMILES string of the molecule is CC(CCOC(=O)c1sc(Sc2ccccc2)nc1C)=C(F)F. The minimum absolute atomic E-state index is 0.0253. The van der Waals surface area contributed by atoms with Gasteiger partial charge < -0.3 is 4.74 Å². The molecule has 0 unspecified atom stereocenters. The number of hydrogen-bond acceptors (Lipinski definition) is 5. The van der Waals surface area contributed by atoms with E-state index in [2.05, 4.69) is 4.98 Å². The first kappa shape index (κ1) is 17.6. The first-order chi connectivity index (χ1) is 11.0. The van der Waals surface area contributed by atoms with Crippen molar-refractivity contribution >= 4 is 29.1 Å². The molecule has 0 saturated carbocycles. The van der Waals surface area contributed by atoms with Gasteiger partial charge in [-0.3, -0.25) is 0 Å². The van der Waals surface area contributed by atoms with E-state index in [-0.39, 0.29) is 18.6 Å². The van der Waals surface area contributed by atoms with Gasteiger partial charge in [0.1, 0.15) is 4.88 Å². The van der Waals surface area contributed by atoms with Gasteiger partial charge in [0.25, 0.3) is 6.08 Å². The summed E-state index contributed by atoms with van der Waals surface area (Å²) in [5, 5.41) is 0. The van der Waals surface area contributed by atoms with Gasteiger partial charge in [-0.2, -0.15) is 8.78 Å². The average Bonchev–Trinajstić information content (AvgIpc) is 2.88. The molecular formula is C16H15F2NO2S2. The van der Waals surface area contributed by atoms with Crippen molar-refractivity contribution in [3.63, 3.8) is 0 Å². The van der Waals surface area contributed by atoms with Gasteiger partial charge >= 0.3 is 5.97 Å². The van der Waals surface area contributed by atoms with E-state index in [0.29, 0.717) is 10.6 Å². The Morgan fingerprint density at radius 1 is 1.30 bits per heavy atom. The van der Waals surface area contributed by atoms with E-state index in [1.54, 1.807) is 6.92 Å². The number of aromatic nitrogens is 1. The molecule has 0 fully saturated rings. The van der Waals surface area contributed by atoms with Crippen molar-refractivity contribution in [2.24, 2.45) is 0 Å². The molecule has 7 heteroatoms. The van der Waals surface area contributed by atoms with Crippen LogP contribution < -0.4 is 0 Å². The smallest absolute Gasteiger partial charge is 0.350 e. The Balaban J connectivity index is 1.97. The van der Waals surface area contributed by atoms with E-state index in [4.69, 9.17) is 4.74 Å². The highest BCUT2D eigenvalue weighted by Gasteiger charge is 2.17. The number of esters is 1. The molecule has 1 aromatic carbocycles. The minimum atomic E-state index is -1.73. The Kier molecular flexibility index (Phi) is 6.29. The zero-order valence-electron chi connectivity index (χ0n) is 12.6. The van der Waals surface area contributed by atoms with E-state index >= 15 is 0 Å². The number of carbonyl (C=O) groups is 1. The highest BCUT2D eigenvalue weighted by atomic mass is 32.2. The lowest BCUT2D eigenvalue weighted by atomic mass is 10.2. The van der Waals surface area contributed by atoms with Crippen LogP contribution in [0.3, 0.4) is 0 Å². The van der Waals surface area contributed by atoms with E-state index in [9.17, 15) is 13.6 Å². The molecule has 0 atom stereocenters. The minimum Gasteiger partial charge on any atom is -0.461 e. The Hall–Kier alpha value is -1.73. The molecule has 1 heterocycles. The molecule has 23 heavy (non-hydrogen) atoms. The van der Waals surface area contributed by atoms with Crippen LogP contribution in [0.2, 0.25) is 0 Å². The van der Waals surface area contributed by atoms with E-state index in [0.717, 1.165) is 9.24 Å². The molecule has 0 spiro atoms. The van der Waals surface area contributed by atoms with Crippen LogP contribution in [0.15, 0.2) is 51.2 Å². The predicted octanol–water partition coefficient (Wildman–Crippen LogP) is 5.32. The summed E-state index contributed by atoms with van der Waals surface area (Å²) in [6.45, 7) is 2.98. The van der Waals surface area contributed by atoms with E-state index < -0.39 is 12.0 Å². The lowest BCUT2D eigenvalue weighted by molar-refractivity contribution is 0.0512. The second kappa shape index (κ2) is 8.21. The topological polar surface area (TPSA) is 39.2 Å². The standard InChI is InChI=1S/C16H15F2NO2S2/c1-10(14(17)18)8-9-21-15(20)13-11(2)19-16(23-13)22-12-6-4-3-5-7-12/h3-7H,8-9H2,1-2H3. The molecule has 0 aliphatic heterocycles. The van der Waals surface area contributed by atoms with Crippen LogP contribution >= 0.6 is 23.1 Å². The molecule has 0 bridgehead atoms.